The number of anilines is 1. The maximum absolute atomic E-state index is 12.3. The Morgan fingerprint density at radius 2 is 2.10 bits per heavy atom. The van der Waals surface area contributed by atoms with Gasteiger partial charge in [-0.05, 0) is 34.1 Å². The molecule has 106 valence electrons. The van der Waals surface area contributed by atoms with Crippen molar-refractivity contribution in [3.63, 3.8) is 0 Å². The number of amides is 1. The summed E-state index contributed by atoms with van der Waals surface area (Å²) in [4.78, 5) is 15.2. The van der Waals surface area contributed by atoms with Crippen molar-refractivity contribution < 1.29 is 18.0 Å². The van der Waals surface area contributed by atoms with Crippen LogP contribution in [0.2, 0.25) is 0 Å². The molecular formula is C12H9BrF3N3O. The molecule has 0 saturated heterocycles. The lowest BCUT2D eigenvalue weighted by molar-refractivity contribution is -0.141. The van der Waals surface area contributed by atoms with E-state index >= 15 is 0 Å². The number of aromatic nitrogens is 2. The predicted molar refractivity (Wildman–Crippen MR) is 70.3 cm³/mol. The number of hydrogen-bond donors (Lipinski definition) is 1. The number of nitrogens with zero attached hydrogens (tertiary/aromatic N) is 2. The standard InChI is InChI=1S/C12H9BrF3N3O/c1-19-6-7(13)4-9(19)11(20)18-8-2-3-10(17-5-8)12(14,15)16/h2-6H,1H3,(H,18,20). The highest BCUT2D eigenvalue weighted by Crippen LogP contribution is 2.27. The summed E-state index contributed by atoms with van der Waals surface area (Å²) >= 11 is 3.23. The molecule has 1 amide bonds. The highest BCUT2D eigenvalue weighted by Gasteiger charge is 2.32. The summed E-state index contributed by atoms with van der Waals surface area (Å²) < 4.78 is 39.4. The fourth-order valence-corrected chi connectivity index (χ4v) is 2.10. The van der Waals surface area contributed by atoms with E-state index in [2.05, 4.69) is 26.2 Å². The topological polar surface area (TPSA) is 46.9 Å². The zero-order valence-electron chi connectivity index (χ0n) is 10.2. The van der Waals surface area contributed by atoms with E-state index in [0.717, 1.165) is 22.8 Å². The van der Waals surface area contributed by atoms with Gasteiger partial charge in [-0.3, -0.25) is 4.79 Å². The van der Waals surface area contributed by atoms with E-state index in [0.29, 0.717) is 5.69 Å². The number of pyridine rings is 1. The minimum absolute atomic E-state index is 0.195. The lowest BCUT2D eigenvalue weighted by Crippen LogP contribution is -2.16. The molecule has 0 atom stereocenters. The molecule has 0 saturated carbocycles. The largest absolute Gasteiger partial charge is 0.433 e. The minimum atomic E-state index is -4.49. The molecule has 0 aliphatic rings. The van der Waals surface area contributed by atoms with Gasteiger partial charge in [0.05, 0.1) is 11.9 Å². The highest BCUT2D eigenvalue weighted by atomic mass is 79.9. The van der Waals surface area contributed by atoms with Gasteiger partial charge in [-0.2, -0.15) is 13.2 Å². The Bertz CT molecular complexity index is 634. The molecule has 1 N–H and O–H groups in total. The first-order chi connectivity index (χ1) is 9.27. The Hall–Kier alpha value is -1.83. The summed E-state index contributed by atoms with van der Waals surface area (Å²) in [6, 6.07) is 3.58. The van der Waals surface area contributed by atoms with Crippen LogP contribution in [-0.2, 0) is 13.2 Å². The Morgan fingerprint density at radius 1 is 1.40 bits per heavy atom. The number of halogens is 4. The van der Waals surface area contributed by atoms with E-state index in [1.165, 1.54) is 0 Å². The van der Waals surface area contributed by atoms with E-state index in [1.807, 2.05) is 0 Å². The zero-order chi connectivity index (χ0) is 14.9. The van der Waals surface area contributed by atoms with Crippen LogP contribution >= 0.6 is 15.9 Å². The van der Waals surface area contributed by atoms with Crippen molar-refractivity contribution in [2.45, 2.75) is 6.18 Å². The van der Waals surface area contributed by atoms with Crippen molar-refractivity contribution in [1.82, 2.24) is 9.55 Å². The Kier molecular flexibility index (Phi) is 3.85. The molecule has 0 aromatic carbocycles. The van der Waals surface area contributed by atoms with Crippen molar-refractivity contribution in [1.29, 1.82) is 0 Å². The van der Waals surface area contributed by atoms with Crippen LogP contribution in [0, 0.1) is 0 Å². The van der Waals surface area contributed by atoms with Gasteiger partial charge in [0.1, 0.15) is 11.4 Å². The zero-order valence-corrected chi connectivity index (χ0v) is 11.8. The minimum Gasteiger partial charge on any atom is -0.345 e. The molecule has 0 unspecified atom stereocenters. The molecule has 0 bridgehead atoms. The first kappa shape index (κ1) is 14.6. The molecule has 0 aliphatic carbocycles. The van der Waals surface area contributed by atoms with Gasteiger partial charge in [-0.25, -0.2) is 4.98 Å². The Morgan fingerprint density at radius 3 is 2.55 bits per heavy atom. The van der Waals surface area contributed by atoms with Crippen LogP contribution in [0.15, 0.2) is 35.1 Å². The number of rotatable bonds is 2. The second-order valence-corrected chi connectivity index (χ2v) is 4.95. The molecule has 0 fully saturated rings. The molecule has 4 nitrogen and oxygen atoms in total. The summed E-state index contributed by atoms with van der Waals surface area (Å²) in [5, 5.41) is 2.48. The first-order valence-corrected chi connectivity index (χ1v) is 6.23. The molecular weight excluding hydrogens is 339 g/mol. The van der Waals surface area contributed by atoms with Crippen LogP contribution in [0.1, 0.15) is 16.2 Å². The van der Waals surface area contributed by atoms with Crippen molar-refractivity contribution in [3.8, 4) is 0 Å². The third-order valence-corrected chi connectivity index (χ3v) is 2.95. The van der Waals surface area contributed by atoms with E-state index in [9.17, 15) is 18.0 Å². The van der Waals surface area contributed by atoms with E-state index in [-0.39, 0.29) is 5.69 Å². The number of aryl methyl sites for hydroxylation is 1. The third-order valence-electron chi connectivity index (χ3n) is 2.52. The number of hydrogen-bond acceptors (Lipinski definition) is 2. The van der Waals surface area contributed by atoms with Crippen LogP contribution in [0.25, 0.3) is 0 Å². The van der Waals surface area contributed by atoms with Gasteiger partial charge in [0.25, 0.3) is 5.91 Å². The lowest BCUT2D eigenvalue weighted by Gasteiger charge is -2.08. The molecule has 0 spiro atoms. The first-order valence-electron chi connectivity index (χ1n) is 5.44. The van der Waals surface area contributed by atoms with Gasteiger partial charge in [-0.15, -0.1) is 0 Å². The van der Waals surface area contributed by atoms with Crippen molar-refractivity contribution in [3.05, 3.63) is 46.5 Å². The number of carbonyl (C=O) groups excluding carboxylic acids is 1. The molecule has 2 aromatic heterocycles. The van der Waals surface area contributed by atoms with E-state index in [1.54, 1.807) is 23.9 Å². The van der Waals surface area contributed by atoms with Crippen LogP contribution in [-0.4, -0.2) is 15.5 Å². The maximum Gasteiger partial charge on any atom is 0.433 e. The number of alkyl halides is 3. The van der Waals surface area contributed by atoms with Gasteiger partial charge < -0.3 is 9.88 Å². The quantitative estimate of drug-likeness (QED) is 0.904. The summed E-state index contributed by atoms with van der Waals surface area (Å²) in [5.41, 5.74) is -0.436. The summed E-state index contributed by atoms with van der Waals surface area (Å²) in [5.74, 6) is -0.431. The van der Waals surface area contributed by atoms with Crippen molar-refractivity contribution in [2.24, 2.45) is 7.05 Å². The van der Waals surface area contributed by atoms with Crippen LogP contribution in [0.4, 0.5) is 18.9 Å². The van der Waals surface area contributed by atoms with Crippen LogP contribution < -0.4 is 5.32 Å². The monoisotopic (exact) mass is 347 g/mol. The predicted octanol–water partition coefficient (Wildman–Crippen LogP) is 3.45. The summed E-state index contributed by atoms with van der Waals surface area (Å²) in [6.45, 7) is 0. The van der Waals surface area contributed by atoms with Gasteiger partial charge in [0, 0.05) is 17.7 Å². The van der Waals surface area contributed by atoms with Gasteiger partial charge >= 0.3 is 6.18 Å². The fourth-order valence-electron chi connectivity index (χ4n) is 1.58. The van der Waals surface area contributed by atoms with Crippen LogP contribution in [0.5, 0.6) is 0 Å². The summed E-state index contributed by atoms with van der Waals surface area (Å²) in [7, 11) is 1.69. The highest BCUT2D eigenvalue weighted by molar-refractivity contribution is 9.10. The molecule has 0 radical (unpaired) electrons. The number of nitrogens with one attached hydrogen (secondary N) is 1. The Labute approximate surface area is 120 Å². The number of carbonyl (C=O) groups is 1. The van der Waals surface area contributed by atoms with Crippen LogP contribution in [0.3, 0.4) is 0 Å². The molecule has 2 heterocycles. The molecule has 20 heavy (non-hydrogen) atoms. The third kappa shape index (κ3) is 3.19. The average molecular weight is 348 g/mol. The molecule has 0 aliphatic heterocycles. The SMILES string of the molecule is Cn1cc(Br)cc1C(=O)Nc1ccc(C(F)(F)F)nc1. The lowest BCUT2D eigenvalue weighted by atomic mass is 10.3. The molecule has 2 aromatic rings. The van der Waals surface area contributed by atoms with Gasteiger partial charge in [0.15, 0.2) is 0 Å². The van der Waals surface area contributed by atoms with Crippen molar-refractivity contribution in [2.75, 3.05) is 5.32 Å². The fraction of sp³-hybridized carbons (Fsp3) is 0.167. The van der Waals surface area contributed by atoms with E-state index in [4.69, 9.17) is 0 Å². The molecule has 8 heteroatoms. The second-order valence-electron chi connectivity index (χ2n) is 4.04. The normalized spacial score (nSPS) is 11.4. The Balaban J connectivity index is 2.14. The van der Waals surface area contributed by atoms with Gasteiger partial charge in [0.2, 0.25) is 0 Å². The van der Waals surface area contributed by atoms with E-state index < -0.39 is 17.8 Å². The second kappa shape index (κ2) is 5.28. The average Bonchev–Trinajstić information content (AvgIpc) is 2.68. The summed E-state index contributed by atoms with van der Waals surface area (Å²) in [6.07, 6.45) is -1.83. The van der Waals surface area contributed by atoms with Crippen molar-refractivity contribution >= 4 is 27.5 Å². The maximum atomic E-state index is 12.3. The smallest absolute Gasteiger partial charge is 0.345 e. The molecule has 2 rings (SSSR count). The van der Waals surface area contributed by atoms with Gasteiger partial charge in [-0.1, -0.05) is 0 Å².